The van der Waals surface area contributed by atoms with Crippen molar-refractivity contribution in [2.24, 2.45) is 0 Å². The second-order valence-electron chi connectivity index (χ2n) is 2.78. The van der Waals surface area contributed by atoms with Crippen LogP contribution in [0.4, 0.5) is 0 Å². The summed E-state index contributed by atoms with van der Waals surface area (Å²) < 4.78 is -1.37. The van der Waals surface area contributed by atoms with Crippen molar-refractivity contribution < 1.29 is 9.90 Å². The molecule has 0 aromatic heterocycles. The summed E-state index contributed by atoms with van der Waals surface area (Å²) in [5, 5.41) is 8.70. The molecule has 0 fully saturated rings. The summed E-state index contributed by atoms with van der Waals surface area (Å²) in [6.45, 7) is 5.22. The van der Waals surface area contributed by atoms with Gasteiger partial charge in [0, 0.05) is 4.32 Å². The molecule has 0 radical (unpaired) electrons. The lowest BCUT2D eigenvalue weighted by molar-refractivity contribution is -0.139. The molecule has 0 saturated heterocycles. The molecule has 0 spiro atoms. The number of hydrogen-bond acceptors (Lipinski definition) is 1. The second kappa shape index (κ2) is 2.81. The molecule has 0 heterocycles. The molecule has 0 amide bonds. The van der Waals surface area contributed by atoms with Crippen LogP contribution in [-0.4, -0.2) is 19.7 Å². The lowest BCUT2D eigenvalue weighted by Gasteiger charge is -2.30. The van der Waals surface area contributed by atoms with Crippen molar-refractivity contribution in [1.29, 1.82) is 0 Å². The quantitative estimate of drug-likeness (QED) is 0.785. The molecule has 0 aliphatic heterocycles. The van der Waals surface area contributed by atoms with Gasteiger partial charge in [-0.05, 0) is 20.8 Å². The van der Waals surface area contributed by atoms with Crippen molar-refractivity contribution in [2.75, 3.05) is 0 Å². The Morgan fingerprint density at radius 3 is 1.60 bits per heavy atom. The van der Waals surface area contributed by atoms with Gasteiger partial charge in [-0.25, -0.2) is 0 Å². The number of aliphatic carboxylic acids is 1. The molecule has 4 heteroatoms. The van der Waals surface area contributed by atoms with Crippen molar-refractivity contribution in [2.45, 2.75) is 29.4 Å². The highest BCUT2D eigenvalue weighted by molar-refractivity contribution is 9.13. The van der Waals surface area contributed by atoms with Crippen LogP contribution in [0.2, 0.25) is 0 Å². The average Bonchev–Trinajstić information content (AvgIpc) is 1.62. The van der Waals surface area contributed by atoms with Crippen molar-refractivity contribution >= 4 is 37.8 Å². The fourth-order valence-electron chi connectivity index (χ4n) is 0.254. The fraction of sp³-hybridized carbons (Fsp3) is 0.833. The maximum atomic E-state index is 10.6. The number of hydrogen-bond donors (Lipinski definition) is 1. The first-order valence-corrected chi connectivity index (χ1v) is 4.39. The highest BCUT2D eigenvalue weighted by Gasteiger charge is 2.43. The van der Waals surface area contributed by atoms with Gasteiger partial charge < -0.3 is 5.11 Å². The van der Waals surface area contributed by atoms with Gasteiger partial charge >= 0.3 is 5.97 Å². The van der Waals surface area contributed by atoms with Gasteiger partial charge in [0.25, 0.3) is 0 Å². The highest BCUT2D eigenvalue weighted by Crippen LogP contribution is 2.37. The lowest BCUT2D eigenvalue weighted by Crippen LogP contribution is -2.44. The highest BCUT2D eigenvalue weighted by atomic mass is 79.9. The van der Waals surface area contributed by atoms with Crippen LogP contribution in [0.5, 0.6) is 0 Å². The molecule has 0 aromatic carbocycles. The van der Waals surface area contributed by atoms with Crippen LogP contribution < -0.4 is 0 Å². The predicted octanol–water partition coefficient (Wildman–Crippen LogP) is 2.40. The topological polar surface area (TPSA) is 37.3 Å². The van der Waals surface area contributed by atoms with Crippen LogP contribution in [-0.2, 0) is 4.79 Å². The third-order valence-corrected chi connectivity index (χ3v) is 4.17. The molecule has 0 bridgehead atoms. The standard InChI is InChI=1S/C6H10Br2O2/c1-5(2,7)6(3,8)4(9)10/h1-3H3,(H,9,10). The first-order valence-electron chi connectivity index (χ1n) is 2.81. The zero-order chi connectivity index (χ0) is 8.58. The van der Waals surface area contributed by atoms with Gasteiger partial charge in [0.1, 0.15) is 4.32 Å². The molecule has 1 atom stereocenters. The predicted molar refractivity (Wildman–Crippen MR) is 48.0 cm³/mol. The minimum absolute atomic E-state index is 0.453. The molecular weight excluding hydrogens is 264 g/mol. The van der Waals surface area contributed by atoms with E-state index in [1.807, 2.05) is 0 Å². The van der Waals surface area contributed by atoms with Gasteiger partial charge in [-0.2, -0.15) is 0 Å². The summed E-state index contributed by atoms with van der Waals surface area (Å²) in [5.41, 5.74) is 0. The van der Waals surface area contributed by atoms with Crippen LogP contribution in [0, 0.1) is 0 Å². The zero-order valence-corrected chi connectivity index (χ0v) is 9.28. The van der Waals surface area contributed by atoms with Gasteiger partial charge in [-0.15, -0.1) is 0 Å². The largest absolute Gasteiger partial charge is 0.480 e. The third-order valence-electron chi connectivity index (χ3n) is 1.52. The number of carbonyl (C=O) groups is 1. The van der Waals surface area contributed by atoms with Crippen molar-refractivity contribution in [3.05, 3.63) is 0 Å². The Morgan fingerprint density at radius 2 is 1.60 bits per heavy atom. The van der Waals surface area contributed by atoms with Crippen LogP contribution >= 0.6 is 31.9 Å². The third kappa shape index (κ3) is 1.95. The normalized spacial score (nSPS) is 18.1. The summed E-state index contributed by atoms with van der Waals surface area (Å²) in [4.78, 5) is 10.6. The van der Waals surface area contributed by atoms with Crippen molar-refractivity contribution in [3.8, 4) is 0 Å². The van der Waals surface area contributed by atoms with Crippen LogP contribution in [0.1, 0.15) is 20.8 Å². The van der Waals surface area contributed by atoms with E-state index in [2.05, 4.69) is 31.9 Å². The molecule has 10 heavy (non-hydrogen) atoms. The smallest absolute Gasteiger partial charge is 0.321 e. The molecule has 0 aliphatic rings. The number of rotatable bonds is 2. The van der Waals surface area contributed by atoms with Gasteiger partial charge in [0.05, 0.1) is 0 Å². The summed E-state index contributed by atoms with van der Waals surface area (Å²) >= 11 is 6.39. The first-order chi connectivity index (χ1) is 4.19. The Hall–Kier alpha value is 0.430. The molecular formula is C6H10Br2O2. The van der Waals surface area contributed by atoms with Gasteiger partial charge in [-0.1, -0.05) is 31.9 Å². The van der Waals surface area contributed by atoms with Gasteiger partial charge in [-0.3, -0.25) is 4.79 Å². The van der Waals surface area contributed by atoms with Crippen molar-refractivity contribution in [1.82, 2.24) is 0 Å². The minimum Gasteiger partial charge on any atom is -0.480 e. The SMILES string of the molecule is CC(C)(Br)C(C)(Br)C(=O)O. The maximum absolute atomic E-state index is 10.6. The van der Waals surface area contributed by atoms with E-state index in [1.165, 1.54) is 0 Å². The van der Waals surface area contributed by atoms with E-state index in [1.54, 1.807) is 20.8 Å². The van der Waals surface area contributed by atoms with Crippen LogP contribution in [0.25, 0.3) is 0 Å². The monoisotopic (exact) mass is 272 g/mol. The van der Waals surface area contributed by atoms with E-state index < -0.39 is 14.6 Å². The first kappa shape index (κ1) is 10.4. The molecule has 1 N–H and O–H groups in total. The number of carboxylic acids is 1. The average molecular weight is 274 g/mol. The Balaban J connectivity index is 4.57. The van der Waals surface area contributed by atoms with E-state index in [-0.39, 0.29) is 0 Å². The molecule has 1 unspecified atom stereocenters. The second-order valence-corrected chi connectivity index (χ2v) is 6.35. The Morgan fingerprint density at radius 1 is 1.30 bits per heavy atom. The molecule has 60 valence electrons. The van der Waals surface area contributed by atoms with Crippen LogP contribution in [0.3, 0.4) is 0 Å². The van der Waals surface area contributed by atoms with E-state index in [9.17, 15) is 4.79 Å². The zero-order valence-electron chi connectivity index (χ0n) is 6.11. The maximum Gasteiger partial charge on any atom is 0.321 e. The Labute approximate surface area is 77.3 Å². The van der Waals surface area contributed by atoms with E-state index in [4.69, 9.17) is 5.11 Å². The van der Waals surface area contributed by atoms with Crippen molar-refractivity contribution in [3.63, 3.8) is 0 Å². The number of halogens is 2. The van der Waals surface area contributed by atoms with Crippen LogP contribution in [0.15, 0.2) is 0 Å². The molecule has 0 saturated carbocycles. The number of carboxylic acid groups (broad SMARTS) is 1. The van der Waals surface area contributed by atoms with E-state index in [0.29, 0.717) is 0 Å². The van der Waals surface area contributed by atoms with Gasteiger partial charge in [0.2, 0.25) is 0 Å². The van der Waals surface area contributed by atoms with E-state index in [0.717, 1.165) is 0 Å². The Bertz CT molecular complexity index is 146. The molecule has 2 nitrogen and oxygen atoms in total. The summed E-state index contributed by atoms with van der Waals surface area (Å²) in [7, 11) is 0. The lowest BCUT2D eigenvalue weighted by atomic mass is 9.98. The number of alkyl halides is 2. The van der Waals surface area contributed by atoms with E-state index >= 15 is 0 Å². The molecule has 0 rings (SSSR count). The molecule has 0 aromatic rings. The fourth-order valence-corrected chi connectivity index (χ4v) is 0.424. The minimum atomic E-state index is -0.917. The van der Waals surface area contributed by atoms with Gasteiger partial charge in [0.15, 0.2) is 0 Å². The Kier molecular flexibility index (Phi) is 2.94. The summed E-state index contributed by atoms with van der Waals surface area (Å²) in [6, 6.07) is 0. The summed E-state index contributed by atoms with van der Waals surface area (Å²) in [5.74, 6) is -0.866. The molecule has 0 aliphatic carbocycles. The summed E-state index contributed by atoms with van der Waals surface area (Å²) in [6.07, 6.45) is 0.